The summed E-state index contributed by atoms with van der Waals surface area (Å²) in [5, 5.41) is 11.0. The van der Waals surface area contributed by atoms with Crippen LogP contribution in [0, 0.1) is 0 Å². The molecular formula is C23H23Br2NO4. The van der Waals surface area contributed by atoms with Crippen LogP contribution in [0.1, 0.15) is 37.4 Å². The number of amides is 1. The molecule has 1 heterocycles. The van der Waals surface area contributed by atoms with E-state index in [1.165, 1.54) is 4.90 Å². The fourth-order valence-electron chi connectivity index (χ4n) is 3.45. The van der Waals surface area contributed by atoms with Gasteiger partial charge in [0.15, 0.2) is 0 Å². The number of ether oxygens (including phenoxy) is 1. The van der Waals surface area contributed by atoms with Crippen molar-refractivity contribution in [3.05, 3.63) is 74.2 Å². The first-order chi connectivity index (χ1) is 14.3. The van der Waals surface area contributed by atoms with Crippen molar-refractivity contribution < 1.29 is 19.4 Å². The minimum Gasteiger partial charge on any atom is -0.507 e. The molecule has 0 spiro atoms. The van der Waals surface area contributed by atoms with Crippen LogP contribution in [-0.2, 0) is 14.3 Å². The molecule has 0 saturated carbocycles. The summed E-state index contributed by atoms with van der Waals surface area (Å²) in [7, 11) is 0. The first kappa shape index (κ1) is 22.7. The Morgan fingerprint density at radius 3 is 2.43 bits per heavy atom. The molecule has 0 aliphatic carbocycles. The molecule has 0 radical (unpaired) electrons. The van der Waals surface area contributed by atoms with Crippen molar-refractivity contribution in [2.75, 3.05) is 13.2 Å². The Kier molecular flexibility index (Phi) is 7.50. The second kappa shape index (κ2) is 9.90. The summed E-state index contributed by atoms with van der Waals surface area (Å²) >= 11 is 6.82. The largest absolute Gasteiger partial charge is 0.507 e. The van der Waals surface area contributed by atoms with Crippen molar-refractivity contribution in [3.8, 4) is 0 Å². The van der Waals surface area contributed by atoms with Crippen LogP contribution in [0.15, 0.2) is 63.0 Å². The molecule has 1 fully saturated rings. The zero-order valence-electron chi connectivity index (χ0n) is 16.8. The Morgan fingerprint density at radius 2 is 1.80 bits per heavy atom. The van der Waals surface area contributed by atoms with Gasteiger partial charge in [0.2, 0.25) is 0 Å². The smallest absolute Gasteiger partial charge is 0.295 e. The summed E-state index contributed by atoms with van der Waals surface area (Å²) in [6, 6.07) is 13.8. The van der Waals surface area contributed by atoms with Crippen LogP contribution in [0.2, 0.25) is 0 Å². The van der Waals surface area contributed by atoms with E-state index in [4.69, 9.17) is 4.74 Å². The van der Waals surface area contributed by atoms with Crippen LogP contribution in [0.3, 0.4) is 0 Å². The van der Waals surface area contributed by atoms with Crippen LogP contribution in [0.4, 0.5) is 0 Å². The number of hydrogen-bond acceptors (Lipinski definition) is 4. The van der Waals surface area contributed by atoms with Gasteiger partial charge in [-0.15, -0.1) is 0 Å². The van der Waals surface area contributed by atoms with Gasteiger partial charge in [-0.3, -0.25) is 9.59 Å². The molecule has 1 saturated heterocycles. The molecule has 0 unspecified atom stereocenters. The number of Topliss-reactive ketones (excluding diaryl/α,β-unsaturated/α-hetero) is 1. The molecule has 5 nitrogen and oxygen atoms in total. The van der Waals surface area contributed by atoms with Crippen LogP contribution in [-0.4, -0.2) is 41.0 Å². The van der Waals surface area contributed by atoms with E-state index in [1.54, 1.807) is 24.3 Å². The van der Waals surface area contributed by atoms with Gasteiger partial charge in [0, 0.05) is 27.7 Å². The van der Waals surface area contributed by atoms with E-state index in [2.05, 4.69) is 31.9 Å². The molecule has 1 amide bonds. The SMILES string of the molecule is CC(C)OCCCN1C(=O)C(=O)C(=C(O)c2ccc(Br)cc2)[C@H]1c1cccc(Br)c1. The molecule has 3 rings (SSSR count). The number of carbonyl (C=O) groups is 2. The number of likely N-dealkylation sites (tertiary alicyclic amines) is 1. The van der Waals surface area contributed by atoms with Gasteiger partial charge in [-0.25, -0.2) is 0 Å². The lowest BCUT2D eigenvalue weighted by atomic mass is 9.95. The summed E-state index contributed by atoms with van der Waals surface area (Å²) < 4.78 is 7.27. The predicted molar refractivity (Wildman–Crippen MR) is 123 cm³/mol. The molecule has 7 heteroatoms. The summed E-state index contributed by atoms with van der Waals surface area (Å²) in [6.45, 7) is 4.74. The Balaban J connectivity index is 2.03. The molecule has 0 bridgehead atoms. The molecule has 2 aromatic carbocycles. The Bertz CT molecular complexity index is 969. The second-order valence-corrected chi connectivity index (χ2v) is 9.16. The number of aliphatic hydroxyl groups is 1. The Hall–Kier alpha value is -1.96. The fourth-order valence-corrected chi connectivity index (χ4v) is 4.13. The topological polar surface area (TPSA) is 66.8 Å². The molecule has 158 valence electrons. The zero-order chi connectivity index (χ0) is 21.8. The molecule has 30 heavy (non-hydrogen) atoms. The van der Waals surface area contributed by atoms with Gasteiger partial charge in [-0.2, -0.15) is 0 Å². The van der Waals surface area contributed by atoms with E-state index in [-0.39, 0.29) is 17.4 Å². The summed E-state index contributed by atoms with van der Waals surface area (Å²) in [5.41, 5.74) is 1.34. The van der Waals surface area contributed by atoms with E-state index in [0.717, 1.165) is 14.5 Å². The number of benzene rings is 2. The van der Waals surface area contributed by atoms with Gasteiger partial charge < -0.3 is 14.7 Å². The van der Waals surface area contributed by atoms with Crippen LogP contribution in [0.25, 0.3) is 5.76 Å². The Labute approximate surface area is 193 Å². The lowest BCUT2D eigenvalue weighted by molar-refractivity contribution is -0.140. The molecule has 2 aromatic rings. The minimum absolute atomic E-state index is 0.0960. The summed E-state index contributed by atoms with van der Waals surface area (Å²) in [5.74, 6) is -1.46. The van der Waals surface area contributed by atoms with E-state index in [1.807, 2.05) is 38.1 Å². The predicted octanol–water partition coefficient (Wildman–Crippen LogP) is 5.45. The van der Waals surface area contributed by atoms with Crippen LogP contribution >= 0.6 is 31.9 Å². The number of nitrogens with zero attached hydrogens (tertiary/aromatic N) is 1. The molecule has 1 aliphatic heterocycles. The number of aliphatic hydroxyl groups excluding tert-OH is 1. The molecule has 1 aliphatic rings. The lowest BCUT2D eigenvalue weighted by Gasteiger charge is -2.25. The number of ketones is 1. The maximum absolute atomic E-state index is 12.9. The maximum Gasteiger partial charge on any atom is 0.295 e. The van der Waals surface area contributed by atoms with Crippen LogP contribution in [0.5, 0.6) is 0 Å². The first-order valence-electron chi connectivity index (χ1n) is 9.71. The third-order valence-corrected chi connectivity index (χ3v) is 5.84. The molecule has 1 atom stereocenters. The normalized spacial score (nSPS) is 18.4. The third kappa shape index (κ3) is 5.02. The number of halogens is 2. The van der Waals surface area contributed by atoms with Crippen LogP contribution < -0.4 is 0 Å². The quantitative estimate of drug-likeness (QED) is 0.221. The fraction of sp³-hybridized carbons (Fsp3) is 0.304. The molecule has 0 aromatic heterocycles. The van der Waals surface area contributed by atoms with Gasteiger partial charge in [0.05, 0.1) is 17.7 Å². The summed E-state index contributed by atoms with van der Waals surface area (Å²) in [4.78, 5) is 27.3. The number of rotatable bonds is 7. The summed E-state index contributed by atoms with van der Waals surface area (Å²) in [6.07, 6.45) is 0.687. The molecule has 1 N–H and O–H groups in total. The maximum atomic E-state index is 12.9. The van der Waals surface area contributed by atoms with E-state index >= 15 is 0 Å². The van der Waals surface area contributed by atoms with Crippen molar-refractivity contribution in [3.63, 3.8) is 0 Å². The monoisotopic (exact) mass is 535 g/mol. The highest BCUT2D eigenvalue weighted by Crippen LogP contribution is 2.40. The first-order valence-corrected chi connectivity index (χ1v) is 11.3. The van der Waals surface area contributed by atoms with E-state index in [9.17, 15) is 14.7 Å². The minimum atomic E-state index is -0.676. The average molecular weight is 537 g/mol. The second-order valence-electron chi connectivity index (χ2n) is 7.33. The standard InChI is InChI=1S/C23H23Br2NO4/c1-14(2)30-12-4-11-26-20(16-5-3-6-18(25)13-16)19(22(28)23(26)29)21(27)15-7-9-17(24)10-8-15/h3,5-10,13-14,20,27H,4,11-12H2,1-2H3/t20-/m1/s1. The average Bonchev–Trinajstić information content (AvgIpc) is 2.96. The zero-order valence-corrected chi connectivity index (χ0v) is 19.9. The van der Waals surface area contributed by atoms with E-state index < -0.39 is 17.7 Å². The van der Waals surface area contributed by atoms with E-state index in [0.29, 0.717) is 25.1 Å². The van der Waals surface area contributed by atoms with Crippen molar-refractivity contribution in [2.45, 2.75) is 32.4 Å². The van der Waals surface area contributed by atoms with Crippen molar-refractivity contribution in [2.24, 2.45) is 0 Å². The number of carbonyl (C=O) groups excluding carboxylic acids is 2. The van der Waals surface area contributed by atoms with Crippen molar-refractivity contribution >= 4 is 49.3 Å². The lowest BCUT2D eigenvalue weighted by Crippen LogP contribution is -2.31. The van der Waals surface area contributed by atoms with Crippen molar-refractivity contribution in [1.82, 2.24) is 4.90 Å². The van der Waals surface area contributed by atoms with Gasteiger partial charge >= 0.3 is 0 Å². The highest BCUT2D eigenvalue weighted by atomic mass is 79.9. The van der Waals surface area contributed by atoms with Gasteiger partial charge in [0.25, 0.3) is 11.7 Å². The van der Waals surface area contributed by atoms with Gasteiger partial charge in [-0.1, -0.05) is 56.1 Å². The Morgan fingerprint density at radius 1 is 1.10 bits per heavy atom. The van der Waals surface area contributed by atoms with Crippen molar-refractivity contribution in [1.29, 1.82) is 0 Å². The third-order valence-electron chi connectivity index (χ3n) is 4.82. The molecular weight excluding hydrogens is 514 g/mol. The van der Waals surface area contributed by atoms with Gasteiger partial charge in [-0.05, 0) is 50.1 Å². The highest BCUT2D eigenvalue weighted by Gasteiger charge is 2.45. The highest BCUT2D eigenvalue weighted by molar-refractivity contribution is 9.10. The number of hydrogen-bond donors (Lipinski definition) is 1. The van der Waals surface area contributed by atoms with Gasteiger partial charge in [0.1, 0.15) is 5.76 Å².